The van der Waals surface area contributed by atoms with E-state index in [4.69, 9.17) is 5.11 Å². The second kappa shape index (κ2) is 8.07. The summed E-state index contributed by atoms with van der Waals surface area (Å²) in [6.45, 7) is 0.536. The third-order valence-corrected chi connectivity index (χ3v) is 3.12. The lowest BCUT2D eigenvalue weighted by Gasteiger charge is -2.12. The second-order valence-corrected chi connectivity index (χ2v) is 4.78. The van der Waals surface area contributed by atoms with Crippen LogP contribution in [0.1, 0.15) is 17.5 Å². The highest BCUT2D eigenvalue weighted by Crippen LogP contribution is 2.18. The molecular weight excluding hydrogens is 264 g/mol. The first-order valence-corrected chi connectivity index (χ1v) is 7.07. The summed E-state index contributed by atoms with van der Waals surface area (Å²) in [7, 11) is 0. The summed E-state index contributed by atoms with van der Waals surface area (Å²) in [5.41, 5.74) is 3.08. The fraction of sp³-hybridized carbons (Fsp3) is 0.235. The zero-order valence-corrected chi connectivity index (χ0v) is 11.9. The molecule has 0 radical (unpaired) electrons. The van der Waals surface area contributed by atoms with Gasteiger partial charge in [0.2, 0.25) is 0 Å². The topological polar surface area (TPSA) is 61.4 Å². The fourth-order valence-electron chi connectivity index (χ4n) is 2.06. The first-order chi connectivity index (χ1) is 10.3. The number of rotatable bonds is 6. The Balaban J connectivity index is 2.01. The summed E-state index contributed by atoms with van der Waals surface area (Å²) in [5.74, 6) is 0. The molecule has 0 aliphatic rings. The molecule has 0 spiro atoms. The Hall–Kier alpha value is -2.33. The van der Waals surface area contributed by atoms with Crippen LogP contribution in [0.4, 0.5) is 10.5 Å². The minimum atomic E-state index is -0.246. The molecule has 0 fully saturated rings. The number of carbonyl (C=O) groups is 1. The Labute approximate surface area is 124 Å². The number of nitrogens with one attached hydrogen (secondary N) is 2. The van der Waals surface area contributed by atoms with Gasteiger partial charge in [-0.05, 0) is 30.0 Å². The molecule has 3 N–H and O–H groups in total. The van der Waals surface area contributed by atoms with Gasteiger partial charge < -0.3 is 15.7 Å². The van der Waals surface area contributed by atoms with Gasteiger partial charge in [0.1, 0.15) is 0 Å². The SMILES string of the molecule is O=C(NCCCO)Nc1ccccc1Cc1ccccc1. The van der Waals surface area contributed by atoms with Crippen LogP contribution in [0, 0.1) is 0 Å². The van der Waals surface area contributed by atoms with Crippen molar-refractivity contribution in [3.63, 3.8) is 0 Å². The van der Waals surface area contributed by atoms with Crippen LogP contribution in [0.25, 0.3) is 0 Å². The zero-order chi connectivity index (χ0) is 14.9. The Kier molecular flexibility index (Phi) is 5.79. The number of anilines is 1. The van der Waals surface area contributed by atoms with Gasteiger partial charge in [-0.3, -0.25) is 0 Å². The molecule has 110 valence electrons. The average Bonchev–Trinajstić information content (AvgIpc) is 2.51. The lowest BCUT2D eigenvalue weighted by molar-refractivity contribution is 0.249. The molecule has 0 saturated heterocycles. The van der Waals surface area contributed by atoms with Crippen molar-refractivity contribution < 1.29 is 9.90 Å². The van der Waals surface area contributed by atoms with E-state index in [1.54, 1.807) is 0 Å². The lowest BCUT2D eigenvalue weighted by Crippen LogP contribution is -2.30. The van der Waals surface area contributed by atoms with Crippen LogP contribution < -0.4 is 10.6 Å². The molecule has 0 aromatic heterocycles. The molecule has 4 heteroatoms. The molecule has 0 aliphatic heterocycles. The third-order valence-electron chi connectivity index (χ3n) is 3.12. The van der Waals surface area contributed by atoms with Crippen molar-refractivity contribution in [3.05, 3.63) is 65.7 Å². The monoisotopic (exact) mass is 284 g/mol. The van der Waals surface area contributed by atoms with Crippen molar-refractivity contribution >= 4 is 11.7 Å². The molecule has 2 aromatic carbocycles. The summed E-state index contributed by atoms with van der Waals surface area (Å²) in [4.78, 5) is 11.8. The molecule has 21 heavy (non-hydrogen) atoms. The number of aliphatic hydroxyl groups excluding tert-OH is 1. The van der Waals surface area contributed by atoms with E-state index in [-0.39, 0.29) is 12.6 Å². The van der Waals surface area contributed by atoms with E-state index >= 15 is 0 Å². The molecule has 0 aliphatic carbocycles. The molecule has 0 bridgehead atoms. The van der Waals surface area contributed by atoms with Crippen molar-refractivity contribution in [3.8, 4) is 0 Å². The number of para-hydroxylation sites is 1. The summed E-state index contributed by atoms with van der Waals surface area (Å²) >= 11 is 0. The van der Waals surface area contributed by atoms with Crippen LogP contribution in [-0.2, 0) is 6.42 Å². The second-order valence-electron chi connectivity index (χ2n) is 4.78. The summed E-state index contributed by atoms with van der Waals surface area (Å²) in [5, 5.41) is 14.3. The lowest BCUT2D eigenvalue weighted by atomic mass is 10.0. The van der Waals surface area contributed by atoms with Crippen LogP contribution in [0.3, 0.4) is 0 Å². The normalized spacial score (nSPS) is 10.1. The highest BCUT2D eigenvalue weighted by atomic mass is 16.3. The van der Waals surface area contributed by atoms with E-state index in [1.807, 2.05) is 42.5 Å². The maximum atomic E-state index is 11.8. The minimum absolute atomic E-state index is 0.0743. The Morgan fingerprint density at radius 3 is 2.48 bits per heavy atom. The van der Waals surface area contributed by atoms with Gasteiger partial charge in [0.05, 0.1) is 0 Å². The van der Waals surface area contributed by atoms with Gasteiger partial charge in [-0.15, -0.1) is 0 Å². The average molecular weight is 284 g/mol. The quantitative estimate of drug-likeness (QED) is 0.714. The largest absolute Gasteiger partial charge is 0.396 e. The molecule has 0 saturated carbocycles. The first kappa shape index (κ1) is 15.1. The maximum absolute atomic E-state index is 11.8. The van der Waals surface area contributed by atoms with Crippen LogP contribution >= 0.6 is 0 Å². The molecule has 2 aromatic rings. The van der Waals surface area contributed by atoms with Gasteiger partial charge in [0.15, 0.2) is 0 Å². The predicted molar refractivity (Wildman–Crippen MR) is 84.4 cm³/mol. The van der Waals surface area contributed by atoms with Gasteiger partial charge in [0.25, 0.3) is 0 Å². The number of aliphatic hydroxyl groups is 1. The summed E-state index contributed by atoms with van der Waals surface area (Å²) in [6.07, 6.45) is 1.33. The van der Waals surface area contributed by atoms with Gasteiger partial charge in [-0.2, -0.15) is 0 Å². The standard InChI is InChI=1S/C17H20N2O2/c20-12-6-11-18-17(21)19-16-10-5-4-9-15(16)13-14-7-2-1-3-8-14/h1-5,7-10,20H,6,11-13H2,(H2,18,19,21). The highest BCUT2D eigenvalue weighted by Gasteiger charge is 2.06. The molecular formula is C17H20N2O2. The fourth-order valence-corrected chi connectivity index (χ4v) is 2.06. The van der Waals surface area contributed by atoms with E-state index in [9.17, 15) is 4.79 Å². The number of benzene rings is 2. The Morgan fingerprint density at radius 1 is 1.00 bits per heavy atom. The number of amides is 2. The zero-order valence-electron chi connectivity index (χ0n) is 11.9. The van der Waals surface area contributed by atoms with E-state index in [0.717, 1.165) is 17.7 Å². The molecule has 2 amide bonds. The van der Waals surface area contributed by atoms with Crippen LogP contribution in [-0.4, -0.2) is 24.3 Å². The summed E-state index contributed by atoms with van der Waals surface area (Å²) < 4.78 is 0. The molecule has 2 rings (SSSR count). The number of hydrogen-bond acceptors (Lipinski definition) is 2. The van der Waals surface area contributed by atoms with Crippen molar-refractivity contribution in [2.75, 3.05) is 18.5 Å². The number of carbonyl (C=O) groups excluding carboxylic acids is 1. The van der Waals surface area contributed by atoms with Crippen molar-refractivity contribution in [1.29, 1.82) is 0 Å². The first-order valence-electron chi connectivity index (χ1n) is 7.07. The highest BCUT2D eigenvalue weighted by molar-refractivity contribution is 5.90. The molecule has 4 nitrogen and oxygen atoms in total. The van der Waals surface area contributed by atoms with Crippen molar-refractivity contribution in [2.45, 2.75) is 12.8 Å². The van der Waals surface area contributed by atoms with Gasteiger partial charge in [0, 0.05) is 18.8 Å². The summed E-state index contributed by atoms with van der Waals surface area (Å²) in [6, 6.07) is 17.7. The van der Waals surface area contributed by atoms with Crippen molar-refractivity contribution in [2.24, 2.45) is 0 Å². The smallest absolute Gasteiger partial charge is 0.319 e. The Bertz CT molecular complexity index is 570. The van der Waals surface area contributed by atoms with Crippen LogP contribution in [0.15, 0.2) is 54.6 Å². The minimum Gasteiger partial charge on any atom is -0.396 e. The third kappa shape index (κ3) is 4.93. The van der Waals surface area contributed by atoms with E-state index in [2.05, 4.69) is 22.8 Å². The van der Waals surface area contributed by atoms with E-state index in [0.29, 0.717) is 13.0 Å². The molecule has 0 unspecified atom stereocenters. The van der Waals surface area contributed by atoms with Gasteiger partial charge in [-0.1, -0.05) is 48.5 Å². The van der Waals surface area contributed by atoms with E-state index < -0.39 is 0 Å². The van der Waals surface area contributed by atoms with E-state index in [1.165, 1.54) is 5.56 Å². The molecule has 0 atom stereocenters. The van der Waals surface area contributed by atoms with Gasteiger partial charge >= 0.3 is 6.03 Å². The predicted octanol–water partition coefficient (Wildman–Crippen LogP) is 2.78. The van der Waals surface area contributed by atoms with Crippen LogP contribution in [0.5, 0.6) is 0 Å². The number of urea groups is 1. The van der Waals surface area contributed by atoms with Gasteiger partial charge in [-0.25, -0.2) is 4.79 Å². The van der Waals surface area contributed by atoms with Crippen molar-refractivity contribution in [1.82, 2.24) is 5.32 Å². The number of hydrogen-bond donors (Lipinski definition) is 3. The Morgan fingerprint density at radius 2 is 1.71 bits per heavy atom. The maximum Gasteiger partial charge on any atom is 0.319 e. The molecule has 0 heterocycles. The van der Waals surface area contributed by atoms with Crippen LogP contribution in [0.2, 0.25) is 0 Å².